The number of amides is 2. The molecule has 1 aliphatic rings. The normalized spacial score (nSPS) is 13.7. The van der Waals surface area contributed by atoms with E-state index in [1.807, 2.05) is 11.4 Å². The molecule has 102 valence electrons. The lowest BCUT2D eigenvalue weighted by molar-refractivity contribution is -0.120. The number of nitrogens with one attached hydrogen (secondary N) is 1. The summed E-state index contributed by atoms with van der Waals surface area (Å²) in [5, 5.41) is 4.66. The molecule has 1 N–H and O–H groups in total. The molecule has 2 heterocycles. The number of carbonyl (C=O) groups is 2. The van der Waals surface area contributed by atoms with Gasteiger partial charge in [0.2, 0.25) is 0 Å². The Morgan fingerprint density at radius 1 is 1.40 bits per heavy atom. The number of ether oxygens (including phenoxy) is 1. The summed E-state index contributed by atoms with van der Waals surface area (Å²) >= 11 is 1.38. The topological polar surface area (TPSA) is 58.6 Å². The van der Waals surface area contributed by atoms with Crippen LogP contribution in [0, 0.1) is 0 Å². The van der Waals surface area contributed by atoms with Gasteiger partial charge in [0.05, 0.1) is 10.6 Å². The van der Waals surface area contributed by atoms with Crippen LogP contribution in [0.2, 0.25) is 0 Å². The van der Waals surface area contributed by atoms with Gasteiger partial charge in [0, 0.05) is 18.8 Å². The number of thiophene rings is 1. The zero-order valence-corrected chi connectivity index (χ0v) is 11.6. The maximum Gasteiger partial charge on any atom is 0.265 e. The summed E-state index contributed by atoms with van der Waals surface area (Å²) in [5.74, 6) is 0.351. The van der Waals surface area contributed by atoms with E-state index in [0.29, 0.717) is 22.0 Å². The molecule has 0 radical (unpaired) electrons. The van der Waals surface area contributed by atoms with Gasteiger partial charge in [-0.1, -0.05) is 6.07 Å². The molecule has 0 fully saturated rings. The Kier molecular flexibility index (Phi) is 3.15. The number of carbonyl (C=O) groups excluding carboxylic acids is 2. The highest BCUT2D eigenvalue weighted by Crippen LogP contribution is 2.33. The van der Waals surface area contributed by atoms with Crippen LogP contribution in [0.3, 0.4) is 0 Å². The van der Waals surface area contributed by atoms with Crippen LogP contribution >= 0.6 is 11.3 Å². The first kappa shape index (κ1) is 12.7. The SMILES string of the molecule is CN1C(=O)COc2cc(NC(=O)c3cccs3)ccc21. The van der Waals surface area contributed by atoms with Crippen LogP contribution in [0.5, 0.6) is 5.75 Å². The first-order valence-corrected chi connectivity index (χ1v) is 6.91. The largest absolute Gasteiger partial charge is 0.481 e. The third-order valence-corrected chi connectivity index (χ3v) is 3.92. The van der Waals surface area contributed by atoms with E-state index in [1.54, 1.807) is 36.2 Å². The molecule has 0 unspecified atom stereocenters. The van der Waals surface area contributed by atoms with Crippen molar-refractivity contribution in [2.45, 2.75) is 0 Å². The second-order valence-corrected chi connectivity index (χ2v) is 5.30. The van der Waals surface area contributed by atoms with Crippen molar-refractivity contribution in [2.75, 3.05) is 23.9 Å². The Morgan fingerprint density at radius 2 is 2.25 bits per heavy atom. The van der Waals surface area contributed by atoms with Crippen LogP contribution in [0.15, 0.2) is 35.7 Å². The lowest BCUT2D eigenvalue weighted by atomic mass is 10.2. The van der Waals surface area contributed by atoms with Crippen LogP contribution in [-0.4, -0.2) is 25.5 Å². The zero-order chi connectivity index (χ0) is 14.1. The molecule has 0 aliphatic carbocycles. The van der Waals surface area contributed by atoms with Crippen molar-refractivity contribution in [3.63, 3.8) is 0 Å². The molecule has 0 spiro atoms. The molecule has 1 aliphatic heterocycles. The highest BCUT2D eigenvalue weighted by Gasteiger charge is 2.22. The molecule has 2 aromatic rings. The molecule has 2 amide bonds. The predicted octanol–water partition coefficient (Wildman–Crippen LogP) is 2.36. The van der Waals surface area contributed by atoms with Crippen molar-refractivity contribution in [1.29, 1.82) is 0 Å². The maximum atomic E-state index is 12.0. The van der Waals surface area contributed by atoms with Crippen LogP contribution in [0.1, 0.15) is 9.67 Å². The standard InChI is InChI=1S/C14H12N2O3S/c1-16-10-5-4-9(7-11(10)19-8-13(16)17)15-14(18)12-3-2-6-20-12/h2-7H,8H2,1H3,(H,15,18). The van der Waals surface area contributed by atoms with Crippen LogP contribution in [0.4, 0.5) is 11.4 Å². The van der Waals surface area contributed by atoms with Crippen LogP contribution in [-0.2, 0) is 4.79 Å². The van der Waals surface area contributed by atoms with Gasteiger partial charge >= 0.3 is 0 Å². The van der Waals surface area contributed by atoms with Crippen molar-refractivity contribution in [3.8, 4) is 5.75 Å². The molecule has 1 aromatic carbocycles. The Bertz CT molecular complexity index is 667. The molecule has 1 aromatic heterocycles. The first-order valence-electron chi connectivity index (χ1n) is 6.03. The van der Waals surface area contributed by atoms with E-state index in [-0.39, 0.29) is 18.4 Å². The fourth-order valence-electron chi connectivity index (χ4n) is 1.96. The number of anilines is 2. The van der Waals surface area contributed by atoms with Gasteiger partial charge in [0.1, 0.15) is 5.75 Å². The number of hydrogen-bond donors (Lipinski definition) is 1. The molecule has 0 bridgehead atoms. The summed E-state index contributed by atoms with van der Waals surface area (Å²) in [6.07, 6.45) is 0. The minimum atomic E-state index is -0.153. The van der Waals surface area contributed by atoms with Gasteiger partial charge in [-0.15, -0.1) is 11.3 Å². The summed E-state index contributed by atoms with van der Waals surface area (Å²) in [5.41, 5.74) is 1.35. The summed E-state index contributed by atoms with van der Waals surface area (Å²) in [4.78, 5) is 25.7. The quantitative estimate of drug-likeness (QED) is 0.923. The van der Waals surface area contributed by atoms with Crippen molar-refractivity contribution < 1.29 is 14.3 Å². The Labute approximate surface area is 119 Å². The fraction of sp³-hybridized carbons (Fsp3) is 0.143. The highest BCUT2D eigenvalue weighted by molar-refractivity contribution is 7.12. The molecule has 0 saturated carbocycles. The molecule has 0 saturated heterocycles. The van der Waals surface area contributed by atoms with E-state index in [9.17, 15) is 9.59 Å². The maximum absolute atomic E-state index is 12.0. The van der Waals surface area contributed by atoms with Gasteiger partial charge in [-0.25, -0.2) is 0 Å². The third kappa shape index (κ3) is 2.25. The molecule has 3 rings (SSSR count). The third-order valence-electron chi connectivity index (χ3n) is 3.05. The smallest absolute Gasteiger partial charge is 0.265 e. The molecule has 20 heavy (non-hydrogen) atoms. The van der Waals surface area contributed by atoms with Gasteiger partial charge < -0.3 is 15.0 Å². The average molecular weight is 288 g/mol. The Balaban J connectivity index is 1.83. The number of likely N-dealkylation sites (N-methyl/N-ethyl adjacent to an activating group) is 1. The Morgan fingerprint density at radius 3 is 3.00 bits per heavy atom. The summed E-state index contributed by atoms with van der Waals surface area (Å²) < 4.78 is 5.38. The first-order chi connectivity index (χ1) is 9.65. The van der Waals surface area contributed by atoms with E-state index < -0.39 is 0 Å². The molecular weight excluding hydrogens is 276 g/mol. The minimum Gasteiger partial charge on any atom is -0.481 e. The Hall–Kier alpha value is -2.34. The van der Waals surface area contributed by atoms with Gasteiger partial charge in [-0.3, -0.25) is 9.59 Å². The number of nitrogens with zero attached hydrogens (tertiary/aromatic N) is 1. The molecule has 6 heteroatoms. The van der Waals surface area contributed by atoms with Crippen LogP contribution in [0.25, 0.3) is 0 Å². The minimum absolute atomic E-state index is 0.0197. The summed E-state index contributed by atoms with van der Waals surface area (Å²) in [6, 6.07) is 8.83. The average Bonchev–Trinajstić information content (AvgIpc) is 2.97. The fourth-order valence-corrected chi connectivity index (χ4v) is 2.57. The van der Waals surface area contributed by atoms with E-state index in [4.69, 9.17) is 4.74 Å². The van der Waals surface area contributed by atoms with Gasteiger partial charge in [-0.2, -0.15) is 0 Å². The lowest BCUT2D eigenvalue weighted by Crippen LogP contribution is -2.35. The number of fused-ring (bicyclic) bond motifs is 1. The molecule has 5 nitrogen and oxygen atoms in total. The van der Waals surface area contributed by atoms with E-state index in [2.05, 4.69) is 5.32 Å². The van der Waals surface area contributed by atoms with Gasteiger partial charge in [0.25, 0.3) is 11.8 Å². The second-order valence-electron chi connectivity index (χ2n) is 4.36. The van der Waals surface area contributed by atoms with E-state index >= 15 is 0 Å². The van der Waals surface area contributed by atoms with Crippen molar-refractivity contribution in [1.82, 2.24) is 0 Å². The van der Waals surface area contributed by atoms with Gasteiger partial charge in [0.15, 0.2) is 6.61 Å². The van der Waals surface area contributed by atoms with Crippen molar-refractivity contribution in [3.05, 3.63) is 40.6 Å². The second kappa shape index (κ2) is 4.97. The predicted molar refractivity (Wildman–Crippen MR) is 77.6 cm³/mol. The molecule has 0 atom stereocenters. The van der Waals surface area contributed by atoms with E-state index in [0.717, 1.165) is 0 Å². The highest BCUT2D eigenvalue weighted by atomic mass is 32.1. The van der Waals surface area contributed by atoms with Gasteiger partial charge in [-0.05, 0) is 23.6 Å². The van der Waals surface area contributed by atoms with Crippen molar-refractivity contribution in [2.24, 2.45) is 0 Å². The monoisotopic (exact) mass is 288 g/mol. The number of rotatable bonds is 2. The zero-order valence-electron chi connectivity index (χ0n) is 10.8. The molecular formula is C14H12N2O3S. The lowest BCUT2D eigenvalue weighted by Gasteiger charge is -2.26. The number of hydrogen-bond acceptors (Lipinski definition) is 4. The summed E-state index contributed by atoms with van der Waals surface area (Å²) in [6.45, 7) is 0.0197. The van der Waals surface area contributed by atoms with E-state index in [1.165, 1.54) is 11.3 Å². The van der Waals surface area contributed by atoms with Crippen molar-refractivity contribution >= 4 is 34.5 Å². The summed E-state index contributed by atoms with van der Waals surface area (Å²) in [7, 11) is 1.70. The number of benzene rings is 1. The van der Waals surface area contributed by atoms with Crippen LogP contribution < -0.4 is 15.0 Å².